The number of Topliss-reactive ketones (excluding diaryl/α,β-unsaturated/α-hetero) is 1. The largest absolute Gasteiger partial charge is 0.338 e. The normalized spacial score (nSPS) is 26.2. The van der Waals surface area contributed by atoms with Crippen LogP contribution in [-0.2, 0) is 16.1 Å². The van der Waals surface area contributed by atoms with Gasteiger partial charge in [-0.05, 0) is 18.4 Å². The van der Waals surface area contributed by atoms with Gasteiger partial charge in [0.1, 0.15) is 5.78 Å². The Morgan fingerprint density at radius 3 is 2.73 bits per heavy atom. The van der Waals surface area contributed by atoms with Crippen LogP contribution in [0.1, 0.15) is 30.9 Å². The first kappa shape index (κ1) is 17.2. The Kier molecular flexibility index (Phi) is 4.76. The van der Waals surface area contributed by atoms with Crippen molar-refractivity contribution in [1.82, 2.24) is 14.4 Å². The Bertz CT molecular complexity index is 788. The fourth-order valence-corrected chi connectivity index (χ4v) is 4.53. The van der Waals surface area contributed by atoms with Crippen LogP contribution in [0.3, 0.4) is 0 Å². The predicted octanol–water partition coefficient (Wildman–Crippen LogP) is 1.02. The third kappa shape index (κ3) is 3.51. The summed E-state index contributed by atoms with van der Waals surface area (Å²) in [4.78, 5) is 39.7. The first-order valence-electron chi connectivity index (χ1n) is 9.49. The van der Waals surface area contributed by atoms with E-state index >= 15 is 0 Å². The van der Waals surface area contributed by atoms with Gasteiger partial charge in [-0.25, -0.2) is 0 Å². The molecule has 1 amide bonds. The van der Waals surface area contributed by atoms with E-state index in [-0.39, 0.29) is 17.2 Å². The third-order valence-corrected chi connectivity index (χ3v) is 5.81. The highest BCUT2D eigenvalue weighted by atomic mass is 16.2. The highest BCUT2D eigenvalue weighted by molar-refractivity contribution is 5.89. The number of rotatable bonds is 3. The lowest BCUT2D eigenvalue weighted by molar-refractivity contribution is -0.130. The van der Waals surface area contributed by atoms with Crippen molar-refractivity contribution >= 4 is 11.7 Å². The molecule has 0 spiro atoms. The first-order chi connectivity index (χ1) is 12.6. The van der Waals surface area contributed by atoms with Crippen LogP contribution >= 0.6 is 0 Å². The number of carbonyl (C=O) groups is 2. The van der Waals surface area contributed by atoms with Crippen LogP contribution < -0.4 is 5.56 Å². The van der Waals surface area contributed by atoms with Crippen molar-refractivity contribution in [2.75, 3.05) is 32.7 Å². The molecule has 6 nitrogen and oxygen atoms in total. The van der Waals surface area contributed by atoms with Crippen LogP contribution in [0.25, 0.3) is 0 Å². The summed E-state index contributed by atoms with van der Waals surface area (Å²) in [6.45, 7) is 4.53. The summed E-state index contributed by atoms with van der Waals surface area (Å²) in [5.41, 5.74) is 1.26. The number of fused-ring (bicyclic) bond motifs is 4. The van der Waals surface area contributed by atoms with Crippen molar-refractivity contribution in [3.05, 3.63) is 46.4 Å². The number of amides is 1. The number of likely N-dealkylation sites (tertiary alicyclic amines) is 2. The Morgan fingerprint density at radius 2 is 1.92 bits per heavy atom. The van der Waals surface area contributed by atoms with Crippen molar-refractivity contribution in [3.63, 3.8) is 0 Å². The van der Waals surface area contributed by atoms with Gasteiger partial charge in [0.2, 0.25) is 5.91 Å². The molecule has 2 bridgehead atoms. The minimum absolute atomic E-state index is 0.00611. The van der Waals surface area contributed by atoms with E-state index in [2.05, 4.69) is 11.0 Å². The molecule has 1 aromatic rings. The Hall–Kier alpha value is -2.21. The van der Waals surface area contributed by atoms with Crippen molar-refractivity contribution in [2.45, 2.75) is 31.7 Å². The zero-order valence-corrected chi connectivity index (χ0v) is 15.0. The molecular weight excluding hydrogens is 330 g/mol. The van der Waals surface area contributed by atoms with Crippen LogP contribution in [0.15, 0.2) is 35.1 Å². The highest BCUT2D eigenvalue weighted by Gasteiger charge is 2.33. The molecular formula is C20H25N3O3. The van der Waals surface area contributed by atoms with Gasteiger partial charge >= 0.3 is 0 Å². The molecule has 0 unspecified atom stereocenters. The molecule has 2 saturated heterocycles. The number of pyridine rings is 1. The number of hydrogen-bond acceptors (Lipinski definition) is 4. The summed E-state index contributed by atoms with van der Waals surface area (Å²) in [7, 11) is 0. The fraction of sp³-hybridized carbons (Fsp3) is 0.550. The van der Waals surface area contributed by atoms with Gasteiger partial charge in [-0.1, -0.05) is 12.1 Å². The number of aromatic nitrogens is 1. The number of carbonyl (C=O) groups excluding carboxylic acids is 2. The SMILES string of the molecule is O=C1CCN(C(=O)/C=C/CN2C[C@@H]3C[C@H](C2)c2cccc(=O)n2C3)CC1. The summed E-state index contributed by atoms with van der Waals surface area (Å²) in [5, 5.41) is 0. The van der Waals surface area contributed by atoms with Crippen LogP contribution in [0.4, 0.5) is 0 Å². The quantitative estimate of drug-likeness (QED) is 0.760. The first-order valence-corrected chi connectivity index (χ1v) is 9.49. The molecule has 3 aliphatic rings. The van der Waals surface area contributed by atoms with Crippen LogP contribution in [0, 0.1) is 5.92 Å². The van der Waals surface area contributed by atoms with E-state index in [1.165, 1.54) is 0 Å². The van der Waals surface area contributed by atoms with E-state index in [0.29, 0.717) is 37.8 Å². The minimum Gasteiger partial charge on any atom is -0.338 e. The molecule has 0 aromatic carbocycles. The van der Waals surface area contributed by atoms with Crippen molar-refractivity contribution in [3.8, 4) is 0 Å². The van der Waals surface area contributed by atoms with E-state index in [1.807, 2.05) is 16.7 Å². The lowest BCUT2D eigenvalue weighted by atomic mass is 9.83. The second-order valence-electron chi connectivity index (χ2n) is 7.68. The highest BCUT2D eigenvalue weighted by Crippen LogP contribution is 2.34. The van der Waals surface area contributed by atoms with Gasteiger partial charge in [-0.3, -0.25) is 19.3 Å². The van der Waals surface area contributed by atoms with Crippen LogP contribution in [-0.4, -0.2) is 58.8 Å². The van der Waals surface area contributed by atoms with E-state index in [9.17, 15) is 14.4 Å². The molecule has 6 heteroatoms. The van der Waals surface area contributed by atoms with Crippen molar-refractivity contribution in [1.29, 1.82) is 0 Å². The van der Waals surface area contributed by atoms with E-state index in [0.717, 1.165) is 38.3 Å². The second-order valence-corrected chi connectivity index (χ2v) is 7.68. The smallest absolute Gasteiger partial charge is 0.250 e. The molecule has 0 radical (unpaired) electrons. The summed E-state index contributed by atoms with van der Waals surface area (Å²) in [5.74, 6) is 1.15. The Labute approximate surface area is 153 Å². The molecule has 0 saturated carbocycles. The van der Waals surface area contributed by atoms with Crippen LogP contribution in [0.5, 0.6) is 0 Å². The molecule has 138 valence electrons. The fourth-order valence-electron chi connectivity index (χ4n) is 4.53. The zero-order valence-electron chi connectivity index (χ0n) is 15.0. The van der Waals surface area contributed by atoms with Crippen molar-refractivity contribution < 1.29 is 9.59 Å². The molecule has 26 heavy (non-hydrogen) atoms. The Morgan fingerprint density at radius 1 is 1.12 bits per heavy atom. The summed E-state index contributed by atoms with van der Waals surface area (Å²) < 4.78 is 1.94. The predicted molar refractivity (Wildman–Crippen MR) is 98.0 cm³/mol. The summed E-state index contributed by atoms with van der Waals surface area (Å²) >= 11 is 0. The lowest BCUT2D eigenvalue weighted by Crippen LogP contribution is -2.47. The standard InChI is InChI=1S/C20H25N3O3/c24-17-6-9-22(10-7-17)19(25)5-2-8-21-12-15-11-16(14-21)18-3-1-4-20(26)23(18)13-15/h1-5,15-16H,6-14H2/b5-2+/t15-,16+/m0/s1. The maximum atomic E-state index is 12.2. The maximum absolute atomic E-state index is 12.2. The number of nitrogens with zero attached hydrogens (tertiary/aromatic N) is 3. The molecule has 0 aliphatic carbocycles. The number of piperidine rings is 2. The second kappa shape index (κ2) is 7.19. The molecule has 4 rings (SSSR count). The maximum Gasteiger partial charge on any atom is 0.250 e. The van der Waals surface area contributed by atoms with Gasteiger partial charge in [0.15, 0.2) is 0 Å². The number of hydrogen-bond donors (Lipinski definition) is 0. The van der Waals surface area contributed by atoms with Gasteiger partial charge in [0, 0.05) is 75.9 Å². The summed E-state index contributed by atoms with van der Waals surface area (Å²) in [6.07, 6.45) is 5.70. The average Bonchev–Trinajstić information content (AvgIpc) is 2.63. The summed E-state index contributed by atoms with van der Waals surface area (Å²) in [6, 6.07) is 5.57. The topological polar surface area (TPSA) is 62.6 Å². The third-order valence-electron chi connectivity index (χ3n) is 5.81. The number of ketones is 1. The molecule has 2 atom stereocenters. The molecule has 2 fully saturated rings. The van der Waals surface area contributed by atoms with Crippen molar-refractivity contribution in [2.24, 2.45) is 5.92 Å². The van der Waals surface area contributed by atoms with Gasteiger partial charge < -0.3 is 9.47 Å². The molecule has 4 heterocycles. The van der Waals surface area contributed by atoms with E-state index in [4.69, 9.17) is 0 Å². The van der Waals surface area contributed by atoms with Gasteiger partial charge in [0.25, 0.3) is 5.56 Å². The average molecular weight is 355 g/mol. The molecule has 3 aliphatic heterocycles. The Balaban J connectivity index is 1.35. The molecule has 0 N–H and O–H groups in total. The zero-order chi connectivity index (χ0) is 18.1. The minimum atomic E-state index is 0.00611. The monoisotopic (exact) mass is 355 g/mol. The lowest BCUT2D eigenvalue weighted by Gasteiger charge is -2.42. The van der Waals surface area contributed by atoms with Gasteiger partial charge in [-0.15, -0.1) is 0 Å². The van der Waals surface area contributed by atoms with E-state index in [1.54, 1.807) is 17.0 Å². The molecule has 1 aromatic heterocycles. The van der Waals surface area contributed by atoms with Gasteiger partial charge in [-0.2, -0.15) is 0 Å². The van der Waals surface area contributed by atoms with Crippen LogP contribution in [0.2, 0.25) is 0 Å². The van der Waals surface area contributed by atoms with Gasteiger partial charge in [0.05, 0.1) is 0 Å². The van der Waals surface area contributed by atoms with E-state index < -0.39 is 0 Å².